The van der Waals surface area contributed by atoms with E-state index in [-0.39, 0.29) is 6.09 Å². The standard InChI is InChI=1S/C16H20ClN3O2S/c1-16(2,3)22-15(21)20-6-4-10(5-7-20)12-8-11-13(23-12)9-14(17)19-18-11/h8-10H,4-7H2,1-3H3. The quantitative estimate of drug-likeness (QED) is 0.759. The summed E-state index contributed by atoms with van der Waals surface area (Å²) in [4.78, 5) is 15.2. The van der Waals surface area contributed by atoms with Crippen LogP contribution in [0.1, 0.15) is 44.4 Å². The summed E-state index contributed by atoms with van der Waals surface area (Å²) >= 11 is 7.61. The van der Waals surface area contributed by atoms with Crippen LogP contribution in [0.5, 0.6) is 0 Å². The Morgan fingerprint density at radius 3 is 2.65 bits per heavy atom. The van der Waals surface area contributed by atoms with E-state index >= 15 is 0 Å². The van der Waals surface area contributed by atoms with Gasteiger partial charge in [0.1, 0.15) is 11.1 Å². The van der Waals surface area contributed by atoms with Gasteiger partial charge in [-0.3, -0.25) is 0 Å². The topological polar surface area (TPSA) is 55.3 Å². The lowest BCUT2D eigenvalue weighted by Crippen LogP contribution is -2.41. The third-order valence-corrected chi connectivity index (χ3v) is 5.23. The second-order valence-electron chi connectivity index (χ2n) is 6.81. The molecule has 1 amide bonds. The molecule has 3 rings (SSSR count). The fraction of sp³-hybridized carbons (Fsp3) is 0.562. The predicted octanol–water partition coefficient (Wildman–Crippen LogP) is 4.46. The number of likely N-dealkylation sites (tertiary alicyclic amines) is 1. The number of aromatic nitrogens is 2. The van der Waals surface area contributed by atoms with Gasteiger partial charge in [-0.05, 0) is 51.7 Å². The molecular weight excluding hydrogens is 334 g/mol. The molecule has 5 nitrogen and oxygen atoms in total. The Morgan fingerprint density at radius 2 is 2.00 bits per heavy atom. The normalized spacial score (nSPS) is 16.8. The molecule has 124 valence electrons. The molecule has 2 aromatic heterocycles. The molecule has 0 bridgehead atoms. The average molecular weight is 354 g/mol. The van der Waals surface area contributed by atoms with Crippen LogP contribution in [-0.2, 0) is 4.74 Å². The van der Waals surface area contributed by atoms with Gasteiger partial charge in [-0.25, -0.2) is 4.79 Å². The zero-order valence-electron chi connectivity index (χ0n) is 13.5. The van der Waals surface area contributed by atoms with Crippen LogP contribution in [0.2, 0.25) is 5.15 Å². The van der Waals surface area contributed by atoms with Crippen molar-refractivity contribution in [1.82, 2.24) is 15.1 Å². The van der Waals surface area contributed by atoms with Crippen LogP contribution < -0.4 is 0 Å². The number of carbonyl (C=O) groups is 1. The van der Waals surface area contributed by atoms with Crippen molar-refractivity contribution in [2.45, 2.75) is 45.1 Å². The summed E-state index contributed by atoms with van der Waals surface area (Å²) in [6.45, 7) is 7.11. The highest BCUT2D eigenvalue weighted by Crippen LogP contribution is 2.36. The Hall–Kier alpha value is -1.40. The highest BCUT2D eigenvalue weighted by Gasteiger charge is 2.28. The molecule has 1 fully saturated rings. The number of thiophene rings is 1. The van der Waals surface area contributed by atoms with E-state index < -0.39 is 5.60 Å². The van der Waals surface area contributed by atoms with Crippen molar-refractivity contribution in [3.8, 4) is 0 Å². The third-order valence-electron chi connectivity index (χ3n) is 3.81. The Labute approximate surface area is 144 Å². The average Bonchev–Trinajstić information content (AvgIpc) is 2.88. The number of hydrogen-bond acceptors (Lipinski definition) is 5. The van der Waals surface area contributed by atoms with Crippen molar-refractivity contribution in [2.75, 3.05) is 13.1 Å². The summed E-state index contributed by atoms with van der Waals surface area (Å²) in [6, 6.07) is 3.95. The van der Waals surface area contributed by atoms with Crippen molar-refractivity contribution in [3.63, 3.8) is 0 Å². The first-order valence-corrected chi connectivity index (χ1v) is 8.92. The summed E-state index contributed by atoms with van der Waals surface area (Å²) in [7, 11) is 0. The van der Waals surface area contributed by atoms with E-state index in [1.807, 2.05) is 26.8 Å². The number of ether oxygens (including phenoxy) is 1. The van der Waals surface area contributed by atoms with Crippen molar-refractivity contribution in [1.29, 1.82) is 0 Å². The van der Waals surface area contributed by atoms with Gasteiger partial charge in [-0.15, -0.1) is 21.5 Å². The molecule has 1 aliphatic rings. The van der Waals surface area contributed by atoms with Gasteiger partial charge in [-0.1, -0.05) is 11.6 Å². The molecule has 0 aliphatic carbocycles. The SMILES string of the molecule is CC(C)(C)OC(=O)N1CCC(c2cc3nnc(Cl)cc3s2)CC1. The largest absolute Gasteiger partial charge is 0.444 e. The molecule has 3 heterocycles. The second kappa shape index (κ2) is 6.24. The van der Waals surface area contributed by atoms with Gasteiger partial charge in [0.25, 0.3) is 0 Å². The van der Waals surface area contributed by atoms with Crippen LogP contribution >= 0.6 is 22.9 Å². The van der Waals surface area contributed by atoms with Crippen molar-refractivity contribution >= 4 is 39.2 Å². The predicted molar refractivity (Wildman–Crippen MR) is 92.2 cm³/mol. The van der Waals surface area contributed by atoms with Crippen LogP contribution in [0, 0.1) is 0 Å². The van der Waals surface area contributed by atoms with Crippen molar-refractivity contribution in [2.24, 2.45) is 0 Å². The van der Waals surface area contributed by atoms with Crippen LogP contribution in [0.3, 0.4) is 0 Å². The monoisotopic (exact) mass is 353 g/mol. The van der Waals surface area contributed by atoms with Gasteiger partial charge in [0.15, 0.2) is 5.15 Å². The van der Waals surface area contributed by atoms with Gasteiger partial charge in [0, 0.05) is 18.0 Å². The Bertz CT molecular complexity index is 718. The second-order valence-corrected chi connectivity index (χ2v) is 8.31. The minimum atomic E-state index is -0.447. The first-order chi connectivity index (χ1) is 10.8. The summed E-state index contributed by atoms with van der Waals surface area (Å²) in [5, 5.41) is 8.43. The number of carbonyl (C=O) groups excluding carboxylic acids is 1. The number of fused-ring (bicyclic) bond motifs is 1. The lowest BCUT2D eigenvalue weighted by atomic mass is 9.95. The third kappa shape index (κ3) is 3.93. The van der Waals surface area contributed by atoms with E-state index in [4.69, 9.17) is 16.3 Å². The summed E-state index contributed by atoms with van der Waals surface area (Å²) in [5.74, 6) is 0.451. The lowest BCUT2D eigenvalue weighted by molar-refractivity contribution is 0.0205. The fourth-order valence-corrected chi connectivity index (χ4v) is 4.12. The Morgan fingerprint density at radius 1 is 1.30 bits per heavy atom. The minimum Gasteiger partial charge on any atom is -0.444 e. The molecule has 0 radical (unpaired) electrons. The maximum absolute atomic E-state index is 12.1. The fourth-order valence-electron chi connectivity index (χ4n) is 2.71. The Balaban J connectivity index is 1.65. The highest BCUT2D eigenvalue weighted by atomic mass is 35.5. The molecule has 0 saturated carbocycles. The first kappa shape index (κ1) is 16.5. The minimum absolute atomic E-state index is 0.218. The van der Waals surface area contributed by atoms with Crippen LogP contribution in [-0.4, -0.2) is 39.9 Å². The molecule has 0 spiro atoms. The maximum atomic E-state index is 12.1. The van der Waals surface area contributed by atoms with E-state index in [1.54, 1.807) is 16.2 Å². The van der Waals surface area contributed by atoms with Gasteiger partial charge in [-0.2, -0.15) is 0 Å². The molecule has 0 atom stereocenters. The van der Waals surface area contributed by atoms with E-state index in [9.17, 15) is 4.79 Å². The first-order valence-electron chi connectivity index (χ1n) is 7.72. The summed E-state index contributed by atoms with van der Waals surface area (Å²) < 4.78 is 6.50. The van der Waals surface area contributed by atoms with Crippen LogP contribution in [0.4, 0.5) is 4.79 Å². The van der Waals surface area contributed by atoms with Gasteiger partial charge < -0.3 is 9.64 Å². The van der Waals surface area contributed by atoms with Crippen LogP contribution in [0.25, 0.3) is 10.2 Å². The molecule has 1 saturated heterocycles. The molecule has 7 heteroatoms. The van der Waals surface area contributed by atoms with Crippen molar-refractivity contribution < 1.29 is 9.53 Å². The maximum Gasteiger partial charge on any atom is 0.410 e. The van der Waals surface area contributed by atoms with Crippen molar-refractivity contribution in [3.05, 3.63) is 22.2 Å². The van der Waals surface area contributed by atoms with E-state index in [0.717, 1.165) is 36.1 Å². The summed E-state index contributed by atoms with van der Waals surface area (Å²) in [5.41, 5.74) is 0.445. The molecular formula is C16H20ClN3O2S. The number of hydrogen-bond donors (Lipinski definition) is 0. The highest BCUT2D eigenvalue weighted by molar-refractivity contribution is 7.19. The van der Waals surface area contributed by atoms with Gasteiger partial charge in [0.2, 0.25) is 0 Å². The zero-order chi connectivity index (χ0) is 16.6. The Kier molecular flexibility index (Phi) is 4.47. The molecule has 0 aromatic carbocycles. The molecule has 1 aliphatic heterocycles. The number of halogens is 1. The lowest BCUT2D eigenvalue weighted by Gasteiger charge is -2.33. The zero-order valence-corrected chi connectivity index (χ0v) is 15.1. The van der Waals surface area contributed by atoms with Crippen LogP contribution in [0.15, 0.2) is 12.1 Å². The molecule has 0 unspecified atom stereocenters. The molecule has 2 aromatic rings. The molecule has 0 N–H and O–H groups in total. The molecule has 23 heavy (non-hydrogen) atoms. The van der Waals surface area contributed by atoms with E-state index in [2.05, 4.69) is 16.3 Å². The smallest absolute Gasteiger partial charge is 0.410 e. The number of nitrogens with zero attached hydrogens (tertiary/aromatic N) is 3. The number of amides is 1. The van der Waals surface area contributed by atoms with Gasteiger partial charge in [0.05, 0.1) is 4.70 Å². The number of rotatable bonds is 1. The summed E-state index contributed by atoms with van der Waals surface area (Å²) in [6.07, 6.45) is 1.66. The van der Waals surface area contributed by atoms with E-state index in [1.165, 1.54) is 4.88 Å². The van der Waals surface area contributed by atoms with E-state index in [0.29, 0.717) is 11.1 Å². The number of piperidine rings is 1. The van der Waals surface area contributed by atoms with Gasteiger partial charge >= 0.3 is 6.09 Å².